The summed E-state index contributed by atoms with van der Waals surface area (Å²) in [7, 11) is -0.505. The third-order valence-corrected chi connectivity index (χ3v) is 6.38. The first-order chi connectivity index (χ1) is 10.4. The van der Waals surface area contributed by atoms with E-state index in [1.54, 1.807) is 18.5 Å². The molecule has 0 aliphatic rings. The Morgan fingerprint density at radius 3 is 2.36 bits per heavy atom. The average molecular weight is 338 g/mol. The molecular formula is C15H18N2O3S2. The van der Waals surface area contributed by atoms with Crippen molar-refractivity contribution in [3.8, 4) is 0 Å². The van der Waals surface area contributed by atoms with Gasteiger partial charge in [-0.25, -0.2) is 8.42 Å². The molecule has 0 aliphatic carbocycles. The molecule has 7 heteroatoms. The Kier molecular flexibility index (Phi) is 5.33. The van der Waals surface area contributed by atoms with Crippen molar-refractivity contribution in [2.75, 3.05) is 20.6 Å². The number of hydrogen-bond acceptors (Lipinski definition) is 4. The molecule has 1 heterocycles. The van der Waals surface area contributed by atoms with Gasteiger partial charge in [-0.05, 0) is 17.0 Å². The molecule has 22 heavy (non-hydrogen) atoms. The summed E-state index contributed by atoms with van der Waals surface area (Å²) in [6.45, 7) is 0.274. The molecule has 1 aromatic carbocycles. The number of benzene rings is 1. The van der Waals surface area contributed by atoms with E-state index in [1.165, 1.54) is 18.0 Å². The van der Waals surface area contributed by atoms with E-state index < -0.39 is 10.0 Å². The van der Waals surface area contributed by atoms with E-state index >= 15 is 0 Å². The van der Waals surface area contributed by atoms with E-state index in [2.05, 4.69) is 0 Å². The van der Waals surface area contributed by atoms with Crippen molar-refractivity contribution in [2.24, 2.45) is 0 Å². The van der Waals surface area contributed by atoms with Crippen LogP contribution in [-0.2, 0) is 21.4 Å². The minimum absolute atomic E-state index is 0.177. The molecule has 0 fully saturated rings. The number of carbonyl (C=O) groups is 1. The van der Waals surface area contributed by atoms with Crippen LogP contribution in [-0.4, -0.2) is 44.2 Å². The summed E-state index contributed by atoms with van der Waals surface area (Å²) < 4.78 is 25.9. The number of likely N-dealkylation sites (N-methyl/N-ethyl adjacent to an activating group) is 2. The van der Waals surface area contributed by atoms with E-state index in [4.69, 9.17) is 0 Å². The first-order valence-electron chi connectivity index (χ1n) is 6.69. The van der Waals surface area contributed by atoms with Crippen LogP contribution in [0.4, 0.5) is 0 Å². The average Bonchev–Trinajstić information content (AvgIpc) is 3.03. The largest absolute Gasteiger partial charge is 0.340 e. The molecule has 1 amide bonds. The Labute approximate surface area is 134 Å². The standard InChI is InChI=1S/C15H18N2O3S2/c1-16(11-13-7-4-3-5-8-13)14(18)12-17(2)22(19,20)15-9-6-10-21-15/h3-10H,11-12H2,1-2H3. The fraction of sp³-hybridized carbons (Fsp3) is 0.267. The number of hydrogen-bond donors (Lipinski definition) is 0. The SMILES string of the molecule is CN(Cc1ccccc1)C(=O)CN(C)S(=O)(=O)c1cccs1. The Bertz CT molecular complexity index is 713. The molecule has 118 valence electrons. The Morgan fingerprint density at radius 1 is 1.09 bits per heavy atom. The van der Waals surface area contributed by atoms with Gasteiger partial charge in [0.15, 0.2) is 0 Å². The quantitative estimate of drug-likeness (QED) is 0.810. The molecular weight excluding hydrogens is 320 g/mol. The molecule has 0 N–H and O–H groups in total. The lowest BCUT2D eigenvalue weighted by Crippen LogP contribution is -2.38. The van der Waals surface area contributed by atoms with E-state index in [1.807, 2.05) is 30.3 Å². The zero-order valence-electron chi connectivity index (χ0n) is 12.5. The maximum Gasteiger partial charge on any atom is 0.252 e. The van der Waals surface area contributed by atoms with Gasteiger partial charge in [0.05, 0.1) is 6.54 Å². The molecule has 2 aromatic rings. The zero-order valence-corrected chi connectivity index (χ0v) is 14.1. The van der Waals surface area contributed by atoms with Crippen LogP contribution in [0.2, 0.25) is 0 Å². The molecule has 1 aromatic heterocycles. The van der Waals surface area contributed by atoms with Gasteiger partial charge in [0.2, 0.25) is 5.91 Å². The second kappa shape index (κ2) is 7.04. The number of nitrogens with zero attached hydrogens (tertiary/aromatic N) is 2. The van der Waals surface area contributed by atoms with E-state index in [9.17, 15) is 13.2 Å². The van der Waals surface area contributed by atoms with Crippen molar-refractivity contribution >= 4 is 27.3 Å². The molecule has 2 rings (SSSR count). The molecule has 0 atom stereocenters. The fourth-order valence-corrected chi connectivity index (χ4v) is 4.23. The van der Waals surface area contributed by atoms with E-state index in [0.29, 0.717) is 6.54 Å². The first-order valence-corrected chi connectivity index (χ1v) is 9.01. The lowest BCUT2D eigenvalue weighted by atomic mass is 10.2. The van der Waals surface area contributed by atoms with Crippen molar-refractivity contribution in [3.63, 3.8) is 0 Å². The highest BCUT2D eigenvalue weighted by Gasteiger charge is 2.24. The zero-order chi connectivity index (χ0) is 16.2. The number of amides is 1. The third-order valence-electron chi connectivity index (χ3n) is 3.21. The summed E-state index contributed by atoms with van der Waals surface area (Å²) >= 11 is 1.14. The van der Waals surface area contributed by atoms with E-state index in [-0.39, 0.29) is 16.7 Å². The van der Waals surface area contributed by atoms with Gasteiger partial charge in [0, 0.05) is 20.6 Å². The summed E-state index contributed by atoms with van der Waals surface area (Å²) in [6, 6.07) is 12.8. The molecule has 0 saturated heterocycles. The van der Waals surface area contributed by atoms with Crippen LogP contribution in [0.5, 0.6) is 0 Å². The molecule has 0 radical (unpaired) electrons. The summed E-state index contributed by atoms with van der Waals surface area (Å²) in [5.41, 5.74) is 1.00. The van der Waals surface area contributed by atoms with E-state index in [0.717, 1.165) is 21.2 Å². The highest BCUT2D eigenvalue weighted by atomic mass is 32.2. The molecule has 0 aliphatic heterocycles. The van der Waals surface area contributed by atoms with Crippen molar-refractivity contribution in [3.05, 3.63) is 53.4 Å². The molecule has 5 nitrogen and oxygen atoms in total. The van der Waals surface area contributed by atoms with Crippen LogP contribution in [0, 0.1) is 0 Å². The number of carbonyl (C=O) groups excluding carboxylic acids is 1. The van der Waals surface area contributed by atoms with Crippen molar-refractivity contribution in [1.29, 1.82) is 0 Å². The highest BCUT2D eigenvalue weighted by molar-refractivity contribution is 7.91. The van der Waals surface area contributed by atoms with Gasteiger partial charge in [-0.1, -0.05) is 36.4 Å². The Hall–Kier alpha value is -1.70. The van der Waals surface area contributed by atoms with Crippen molar-refractivity contribution < 1.29 is 13.2 Å². The van der Waals surface area contributed by atoms with Crippen LogP contribution in [0.15, 0.2) is 52.1 Å². The van der Waals surface area contributed by atoms with Gasteiger partial charge in [0.1, 0.15) is 4.21 Å². The predicted octanol–water partition coefficient (Wildman–Crippen LogP) is 2.03. The van der Waals surface area contributed by atoms with Gasteiger partial charge in [0.25, 0.3) is 10.0 Å². The number of rotatable bonds is 6. The lowest BCUT2D eigenvalue weighted by molar-refractivity contribution is -0.130. The predicted molar refractivity (Wildman–Crippen MR) is 87.1 cm³/mol. The van der Waals surface area contributed by atoms with Crippen LogP contribution < -0.4 is 0 Å². The van der Waals surface area contributed by atoms with Gasteiger partial charge in [-0.15, -0.1) is 11.3 Å². The van der Waals surface area contributed by atoms with Crippen molar-refractivity contribution in [2.45, 2.75) is 10.8 Å². The van der Waals surface area contributed by atoms with Gasteiger partial charge in [-0.2, -0.15) is 4.31 Å². The normalized spacial score (nSPS) is 11.6. The minimum Gasteiger partial charge on any atom is -0.340 e. The van der Waals surface area contributed by atoms with Crippen LogP contribution in [0.3, 0.4) is 0 Å². The van der Waals surface area contributed by atoms with Crippen LogP contribution >= 0.6 is 11.3 Å². The van der Waals surface area contributed by atoms with Gasteiger partial charge < -0.3 is 4.90 Å². The molecule has 0 saturated carbocycles. The van der Waals surface area contributed by atoms with Crippen molar-refractivity contribution in [1.82, 2.24) is 9.21 Å². The summed E-state index contributed by atoms with van der Waals surface area (Å²) in [4.78, 5) is 13.7. The maximum atomic E-state index is 12.3. The second-order valence-corrected chi connectivity index (χ2v) is 8.15. The van der Waals surface area contributed by atoms with Crippen LogP contribution in [0.25, 0.3) is 0 Å². The summed E-state index contributed by atoms with van der Waals surface area (Å²) in [6.07, 6.45) is 0. The summed E-state index contributed by atoms with van der Waals surface area (Å²) in [5.74, 6) is -0.244. The van der Waals surface area contributed by atoms with Gasteiger partial charge in [-0.3, -0.25) is 4.79 Å². The Morgan fingerprint density at radius 2 is 1.77 bits per heavy atom. The van der Waals surface area contributed by atoms with Gasteiger partial charge >= 0.3 is 0 Å². The third kappa shape index (κ3) is 3.94. The summed E-state index contributed by atoms with van der Waals surface area (Å²) in [5, 5.41) is 1.70. The molecule has 0 bridgehead atoms. The second-order valence-electron chi connectivity index (χ2n) is 4.93. The molecule has 0 unspecified atom stereocenters. The monoisotopic (exact) mass is 338 g/mol. The maximum absolute atomic E-state index is 12.3. The minimum atomic E-state index is -3.59. The number of thiophene rings is 1. The topological polar surface area (TPSA) is 57.7 Å². The first kappa shape index (κ1) is 16.7. The Balaban J connectivity index is 1.99. The lowest BCUT2D eigenvalue weighted by Gasteiger charge is -2.21. The molecule has 0 spiro atoms. The number of sulfonamides is 1. The highest BCUT2D eigenvalue weighted by Crippen LogP contribution is 2.19. The smallest absolute Gasteiger partial charge is 0.252 e. The van der Waals surface area contributed by atoms with Crippen LogP contribution in [0.1, 0.15) is 5.56 Å². The fourth-order valence-electron chi connectivity index (χ4n) is 1.91.